The number of fused-ring (bicyclic) bond motifs is 1. The van der Waals surface area contributed by atoms with Crippen LogP contribution in [-0.4, -0.2) is 28.5 Å². The van der Waals surface area contributed by atoms with Crippen LogP contribution in [0.25, 0.3) is 21.3 Å². The number of benzene rings is 1. The molecule has 0 atom stereocenters. The van der Waals surface area contributed by atoms with Gasteiger partial charge in [-0.1, -0.05) is 38.1 Å². The molecule has 1 aromatic carbocycles. The molecule has 4 aromatic rings. The lowest BCUT2D eigenvalue weighted by molar-refractivity contribution is 0.861. The van der Waals surface area contributed by atoms with Crippen molar-refractivity contribution in [3.63, 3.8) is 0 Å². The van der Waals surface area contributed by atoms with E-state index in [4.69, 9.17) is 11.6 Å². The average molecular weight is 437 g/mol. The number of hydrogen-bond donors (Lipinski definition) is 0. The summed E-state index contributed by atoms with van der Waals surface area (Å²) < 4.78 is 0. The molecular formula is C24H25ClN4S. The Labute approximate surface area is 186 Å². The number of hydrogen-bond acceptors (Lipinski definition) is 5. The highest BCUT2D eigenvalue weighted by molar-refractivity contribution is 7.19. The first-order valence-corrected chi connectivity index (χ1v) is 11.5. The SMILES string of the molecule is CCc1ccc(-c2c(CC)sc3nc(Cl)nc(N(C)CCc4ccncc4)c23)cc1. The topological polar surface area (TPSA) is 41.9 Å². The molecule has 0 aliphatic heterocycles. The van der Waals surface area contributed by atoms with Gasteiger partial charge in [-0.15, -0.1) is 11.3 Å². The Bertz CT molecular complexity index is 1140. The highest BCUT2D eigenvalue weighted by Gasteiger charge is 2.21. The molecule has 0 bridgehead atoms. The van der Waals surface area contributed by atoms with E-state index in [9.17, 15) is 0 Å². The predicted molar refractivity (Wildman–Crippen MR) is 128 cm³/mol. The number of pyridine rings is 1. The Morgan fingerprint density at radius 3 is 2.33 bits per heavy atom. The molecular weight excluding hydrogens is 412 g/mol. The van der Waals surface area contributed by atoms with E-state index >= 15 is 0 Å². The molecule has 0 radical (unpaired) electrons. The van der Waals surface area contributed by atoms with E-state index in [0.29, 0.717) is 5.28 Å². The second-order valence-electron chi connectivity index (χ2n) is 7.33. The molecule has 6 heteroatoms. The average Bonchev–Trinajstić information content (AvgIpc) is 3.16. The summed E-state index contributed by atoms with van der Waals surface area (Å²) in [5.74, 6) is 0.893. The lowest BCUT2D eigenvalue weighted by atomic mass is 10.00. The summed E-state index contributed by atoms with van der Waals surface area (Å²) >= 11 is 8.04. The van der Waals surface area contributed by atoms with Crippen molar-refractivity contribution in [1.82, 2.24) is 15.0 Å². The number of aryl methyl sites for hydroxylation is 2. The van der Waals surface area contributed by atoms with Gasteiger partial charge in [-0.05, 0) is 59.7 Å². The van der Waals surface area contributed by atoms with Gasteiger partial charge in [-0.3, -0.25) is 4.98 Å². The van der Waals surface area contributed by atoms with Gasteiger partial charge >= 0.3 is 0 Å². The Kier molecular flexibility index (Phi) is 6.30. The summed E-state index contributed by atoms with van der Waals surface area (Å²) in [7, 11) is 2.08. The number of anilines is 1. The van der Waals surface area contributed by atoms with Crippen molar-refractivity contribution in [3.05, 3.63) is 70.1 Å². The van der Waals surface area contributed by atoms with Gasteiger partial charge in [0.1, 0.15) is 10.6 Å². The minimum absolute atomic E-state index is 0.296. The summed E-state index contributed by atoms with van der Waals surface area (Å²) in [5.41, 5.74) is 5.04. The van der Waals surface area contributed by atoms with E-state index in [1.54, 1.807) is 11.3 Å². The fourth-order valence-electron chi connectivity index (χ4n) is 3.69. The van der Waals surface area contributed by atoms with Gasteiger partial charge in [0.2, 0.25) is 5.28 Å². The second kappa shape index (κ2) is 9.11. The molecule has 0 aliphatic rings. The van der Waals surface area contributed by atoms with Gasteiger partial charge in [0.15, 0.2) is 0 Å². The first-order valence-electron chi connectivity index (χ1n) is 10.3. The maximum atomic E-state index is 6.32. The van der Waals surface area contributed by atoms with E-state index in [0.717, 1.165) is 41.8 Å². The summed E-state index contributed by atoms with van der Waals surface area (Å²) in [4.78, 5) is 17.8. The molecule has 0 fully saturated rings. The molecule has 0 amide bonds. The van der Waals surface area contributed by atoms with Crippen molar-refractivity contribution in [2.24, 2.45) is 0 Å². The van der Waals surface area contributed by atoms with Crippen LogP contribution >= 0.6 is 22.9 Å². The summed E-state index contributed by atoms with van der Waals surface area (Å²) in [6.07, 6.45) is 6.56. The second-order valence-corrected chi connectivity index (χ2v) is 8.75. The molecule has 0 aliphatic carbocycles. The summed E-state index contributed by atoms with van der Waals surface area (Å²) in [5, 5.41) is 1.40. The zero-order valence-corrected chi connectivity index (χ0v) is 19.1. The van der Waals surface area contributed by atoms with Crippen LogP contribution in [0.5, 0.6) is 0 Å². The number of rotatable bonds is 7. The third-order valence-electron chi connectivity index (χ3n) is 5.40. The van der Waals surface area contributed by atoms with Crippen LogP contribution in [0.1, 0.15) is 29.9 Å². The molecule has 0 saturated heterocycles. The van der Waals surface area contributed by atoms with Gasteiger partial charge in [-0.2, -0.15) is 4.98 Å². The number of thiophene rings is 1. The zero-order valence-electron chi connectivity index (χ0n) is 17.5. The first-order chi connectivity index (χ1) is 14.6. The summed E-state index contributed by atoms with van der Waals surface area (Å²) in [6.45, 7) is 5.20. The van der Waals surface area contributed by atoms with E-state index in [-0.39, 0.29) is 0 Å². The van der Waals surface area contributed by atoms with Gasteiger partial charge in [0, 0.05) is 36.4 Å². The molecule has 0 saturated carbocycles. The maximum Gasteiger partial charge on any atom is 0.225 e. The van der Waals surface area contributed by atoms with Gasteiger partial charge < -0.3 is 4.90 Å². The molecule has 0 spiro atoms. The van der Waals surface area contributed by atoms with Gasteiger partial charge in [0.25, 0.3) is 0 Å². The molecule has 0 unspecified atom stereocenters. The molecule has 3 aromatic heterocycles. The maximum absolute atomic E-state index is 6.32. The number of halogens is 1. The van der Waals surface area contributed by atoms with E-state index in [2.05, 4.69) is 77.1 Å². The fraction of sp³-hybridized carbons (Fsp3) is 0.292. The van der Waals surface area contributed by atoms with Crippen molar-refractivity contribution in [2.75, 3.05) is 18.5 Å². The van der Waals surface area contributed by atoms with Crippen LogP contribution in [-0.2, 0) is 19.3 Å². The highest BCUT2D eigenvalue weighted by atomic mass is 35.5. The summed E-state index contributed by atoms with van der Waals surface area (Å²) in [6, 6.07) is 13.0. The third kappa shape index (κ3) is 4.18. The standard InChI is InChI=1S/C24H25ClN4S/c1-4-16-6-8-18(9-7-16)20-19(5-2)30-23-21(20)22(27-24(25)28-23)29(3)15-12-17-10-13-26-14-11-17/h6-11,13-14H,4-5,12,15H2,1-3H3. The van der Waals surface area contributed by atoms with Crippen molar-refractivity contribution in [2.45, 2.75) is 33.1 Å². The van der Waals surface area contributed by atoms with Crippen molar-refractivity contribution < 1.29 is 0 Å². The largest absolute Gasteiger partial charge is 0.359 e. The first kappa shape index (κ1) is 20.8. The number of nitrogens with zero attached hydrogens (tertiary/aromatic N) is 4. The predicted octanol–water partition coefficient (Wildman–Crippen LogP) is 6.21. The molecule has 0 N–H and O–H groups in total. The number of aromatic nitrogens is 3. The van der Waals surface area contributed by atoms with E-state index < -0.39 is 0 Å². The van der Waals surface area contributed by atoms with E-state index in [1.165, 1.54) is 27.1 Å². The molecule has 154 valence electrons. The lowest BCUT2D eigenvalue weighted by Crippen LogP contribution is -2.22. The Hall–Kier alpha value is -2.50. The highest BCUT2D eigenvalue weighted by Crippen LogP contribution is 2.42. The van der Waals surface area contributed by atoms with Crippen LogP contribution in [0, 0.1) is 0 Å². The van der Waals surface area contributed by atoms with Gasteiger partial charge in [-0.25, -0.2) is 4.98 Å². The Morgan fingerprint density at radius 1 is 0.933 bits per heavy atom. The minimum Gasteiger partial charge on any atom is -0.359 e. The lowest BCUT2D eigenvalue weighted by Gasteiger charge is -2.20. The van der Waals surface area contributed by atoms with Crippen LogP contribution < -0.4 is 4.90 Å². The van der Waals surface area contributed by atoms with E-state index in [1.807, 2.05) is 12.4 Å². The van der Waals surface area contributed by atoms with Crippen molar-refractivity contribution >= 4 is 39.0 Å². The Balaban J connectivity index is 1.79. The molecule has 4 rings (SSSR count). The van der Waals surface area contributed by atoms with Crippen LogP contribution in [0.4, 0.5) is 5.82 Å². The monoisotopic (exact) mass is 436 g/mol. The fourth-order valence-corrected chi connectivity index (χ4v) is 5.04. The molecule has 30 heavy (non-hydrogen) atoms. The van der Waals surface area contributed by atoms with Crippen LogP contribution in [0.3, 0.4) is 0 Å². The van der Waals surface area contributed by atoms with Crippen molar-refractivity contribution in [3.8, 4) is 11.1 Å². The molecule has 4 nitrogen and oxygen atoms in total. The van der Waals surface area contributed by atoms with Gasteiger partial charge in [0.05, 0.1) is 5.39 Å². The third-order valence-corrected chi connectivity index (χ3v) is 6.79. The quantitative estimate of drug-likeness (QED) is 0.323. The van der Waals surface area contributed by atoms with Crippen molar-refractivity contribution in [1.29, 1.82) is 0 Å². The smallest absolute Gasteiger partial charge is 0.225 e. The number of likely N-dealkylation sites (N-methyl/N-ethyl adjacent to an activating group) is 1. The van der Waals surface area contributed by atoms with Crippen LogP contribution in [0.15, 0.2) is 48.8 Å². The zero-order chi connectivity index (χ0) is 21.1. The Morgan fingerprint density at radius 2 is 1.67 bits per heavy atom. The normalized spacial score (nSPS) is 11.2. The molecule has 3 heterocycles. The minimum atomic E-state index is 0.296. The van der Waals surface area contributed by atoms with Crippen LogP contribution in [0.2, 0.25) is 5.28 Å².